The molecule has 2 aliphatic carbocycles. The fraction of sp³-hybridized carbons (Fsp3) is 0.0952. The van der Waals surface area contributed by atoms with Crippen LogP contribution < -0.4 is 5.11 Å². The van der Waals surface area contributed by atoms with Gasteiger partial charge in [0.1, 0.15) is 0 Å². The minimum Gasteiger partial charge on any atom is -0.550 e. The third-order valence-electron chi connectivity index (χ3n) is 4.14. The summed E-state index contributed by atoms with van der Waals surface area (Å²) in [4.78, 5) is 8.89. The Morgan fingerprint density at radius 3 is 1.70 bits per heavy atom. The molecular weight excluding hydrogens is 284 g/mol. The maximum Gasteiger partial charge on any atom is 0.0701 e. The van der Waals surface area contributed by atoms with E-state index in [1.165, 1.54) is 22.3 Å². The van der Waals surface area contributed by atoms with E-state index in [1.54, 1.807) is 0 Å². The van der Waals surface area contributed by atoms with Crippen molar-refractivity contribution in [1.29, 1.82) is 0 Å². The third-order valence-corrected chi connectivity index (χ3v) is 4.14. The van der Waals surface area contributed by atoms with Gasteiger partial charge in [-0.05, 0) is 29.2 Å². The fourth-order valence-electron chi connectivity index (χ4n) is 3.28. The molecule has 2 bridgehead atoms. The van der Waals surface area contributed by atoms with E-state index in [1.807, 2.05) is 0 Å². The molecule has 2 heteroatoms. The number of hydrogen-bond acceptors (Lipinski definition) is 2. The van der Waals surface area contributed by atoms with Crippen LogP contribution in [0.2, 0.25) is 0 Å². The van der Waals surface area contributed by atoms with Crippen LogP contribution in [0.1, 0.15) is 18.1 Å². The zero-order chi connectivity index (χ0) is 16.3. The molecule has 0 saturated carbocycles. The molecule has 0 heterocycles. The summed E-state index contributed by atoms with van der Waals surface area (Å²) in [5.74, 6) is -1.08. The minimum absolute atomic E-state index is 0.0444. The van der Waals surface area contributed by atoms with Crippen LogP contribution in [-0.4, -0.2) is 5.97 Å². The topological polar surface area (TPSA) is 40.1 Å². The smallest absolute Gasteiger partial charge is 0.0701 e. The van der Waals surface area contributed by atoms with E-state index >= 15 is 0 Å². The predicted molar refractivity (Wildman–Crippen MR) is 89.7 cm³/mol. The van der Waals surface area contributed by atoms with Gasteiger partial charge in [-0.15, -0.1) is 0 Å². The van der Waals surface area contributed by atoms with E-state index in [0.717, 1.165) is 6.92 Å². The zero-order valence-corrected chi connectivity index (χ0v) is 12.9. The lowest BCUT2D eigenvalue weighted by atomic mass is 9.56. The number of carboxylic acids is 1. The molecule has 0 N–H and O–H groups in total. The van der Waals surface area contributed by atoms with Crippen molar-refractivity contribution >= 4 is 5.97 Å². The van der Waals surface area contributed by atoms with Gasteiger partial charge in [-0.3, -0.25) is 0 Å². The summed E-state index contributed by atoms with van der Waals surface area (Å²) in [6.07, 6.45) is 8.90. The monoisotopic (exact) mass is 301 g/mol. The Morgan fingerprint density at radius 1 is 0.870 bits per heavy atom. The Labute approximate surface area is 136 Å². The number of carbonyl (C=O) groups is 1. The lowest BCUT2D eigenvalue weighted by molar-refractivity contribution is -0.302. The summed E-state index contributed by atoms with van der Waals surface area (Å²) >= 11 is 0. The van der Waals surface area contributed by atoms with Crippen LogP contribution in [0.3, 0.4) is 0 Å². The van der Waals surface area contributed by atoms with Crippen LogP contribution in [0.5, 0.6) is 0 Å². The van der Waals surface area contributed by atoms with Gasteiger partial charge >= 0.3 is 0 Å². The second-order valence-electron chi connectivity index (χ2n) is 5.55. The molecule has 4 rings (SSSR count). The normalized spacial score (nSPS) is 16.2. The first-order chi connectivity index (χ1) is 11.2. The molecule has 0 fully saturated rings. The first-order valence-corrected chi connectivity index (χ1v) is 7.55. The number of allylic oxidation sites excluding steroid dienone is 6. The maximum absolute atomic E-state index is 8.89. The van der Waals surface area contributed by atoms with Crippen LogP contribution in [-0.2, 0) is 10.2 Å². The summed E-state index contributed by atoms with van der Waals surface area (Å²) in [5, 5.41) is 8.89. The first-order valence-electron chi connectivity index (χ1n) is 7.55. The molecule has 114 valence electrons. The van der Waals surface area contributed by atoms with Gasteiger partial charge in [0.15, 0.2) is 0 Å². The number of fused-ring (bicyclic) bond motifs is 2. The number of benzene rings is 2. The number of carbonyl (C=O) groups excluding carboxylic acids is 1. The van der Waals surface area contributed by atoms with Crippen molar-refractivity contribution in [3.05, 3.63) is 107 Å². The van der Waals surface area contributed by atoms with Crippen molar-refractivity contribution in [3.63, 3.8) is 0 Å². The zero-order valence-electron chi connectivity index (χ0n) is 12.9. The van der Waals surface area contributed by atoms with Gasteiger partial charge in [0, 0.05) is 5.97 Å². The van der Waals surface area contributed by atoms with Gasteiger partial charge in [0.05, 0.1) is 5.41 Å². The molecule has 0 saturated heterocycles. The van der Waals surface area contributed by atoms with Gasteiger partial charge < -0.3 is 9.90 Å². The van der Waals surface area contributed by atoms with Crippen LogP contribution in [0, 0.1) is 0 Å². The van der Waals surface area contributed by atoms with E-state index < -0.39 is 5.97 Å². The van der Waals surface area contributed by atoms with Crippen molar-refractivity contribution in [2.24, 2.45) is 0 Å². The lowest BCUT2D eigenvalue weighted by Gasteiger charge is -2.46. The molecule has 0 aromatic heterocycles. The van der Waals surface area contributed by atoms with E-state index in [2.05, 4.69) is 85.0 Å². The Kier molecular flexibility index (Phi) is 3.98. The highest BCUT2D eigenvalue weighted by atomic mass is 16.4. The Bertz CT molecular complexity index is 739. The van der Waals surface area contributed by atoms with E-state index in [-0.39, 0.29) is 5.41 Å². The summed E-state index contributed by atoms with van der Waals surface area (Å²) < 4.78 is 0. The fourth-order valence-corrected chi connectivity index (χ4v) is 3.28. The molecule has 2 aromatic carbocycles. The molecule has 2 aromatic rings. The van der Waals surface area contributed by atoms with E-state index in [9.17, 15) is 0 Å². The molecule has 2 aliphatic rings. The Hall–Kier alpha value is -2.87. The third kappa shape index (κ3) is 2.53. The second kappa shape index (κ2) is 6.09. The summed E-state index contributed by atoms with van der Waals surface area (Å²) in [6, 6.07) is 21.6. The highest BCUT2D eigenvalue weighted by molar-refractivity contribution is 5.73. The van der Waals surface area contributed by atoms with Crippen molar-refractivity contribution in [3.8, 4) is 0 Å². The minimum atomic E-state index is -1.08. The molecule has 0 unspecified atom stereocenters. The maximum atomic E-state index is 8.89. The predicted octanol–water partition coefficient (Wildman–Crippen LogP) is 3.17. The summed E-state index contributed by atoms with van der Waals surface area (Å²) in [6.45, 7) is 0.972. The van der Waals surface area contributed by atoms with Crippen LogP contribution >= 0.6 is 0 Å². The Balaban J connectivity index is 0.000000354. The number of carboxylic acid groups (broad SMARTS) is 1. The first kappa shape index (κ1) is 15.0. The largest absolute Gasteiger partial charge is 0.550 e. The average Bonchev–Trinajstić information content (AvgIpc) is 2.57. The second-order valence-corrected chi connectivity index (χ2v) is 5.55. The summed E-state index contributed by atoms with van der Waals surface area (Å²) in [7, 11) is 0. The van der Waals surface area contributed by atoms with E-state index in [0.29, 0.717) is 0 Å². The van der Waals surface area contributed by atoms with Gasteiger partial charge in [-0.1, -0.05) is 85.0 Å². The van der Waals surface area contributed by atoms with E-state index in [4.69, 9.17) is 9.90 Å². The molecule has 23 heavy (non-hydrogen) atoms. The highest BCUT2D eigenvalue weighted by Gasteiger charge is 2.46. The molecule has 0 aliphatic heterocycles. The number of aliphatic carboxylic acids is 1. The highest BCUT2D eigenvalue weighted by Crippen LogP contribution is 2.54. The standard InChI is InChI=1S/C19H14.C2H4O2/c1-3-8-15(9-4-1)19(16-10-5-2-6-11-16)17-12-7-13-18(19)14-17;1-2(3)4/h1-14H;1H3,(H,3,4)/p-1. The molecule has 0 amide bonds. The summed E-state index contributed by atoms with van der Waals surface area (Å²) in [5.41, 5.74) is 5.45. The van der Waals surface area contributed by atoms with Crippen molar-refractivity contribution in [2.45, 2.75) is 12.3 Å². The molecular formula is C21H17O2-. The van der Waals surface area contributed by atoms with Crippen molar-refractivity contribution in [2.75, 3.05) is 0 Å². The Morgan fingerprint density at radius 2 is 1.35 bits per heavy atom. The molecule has 2 nitrogen and oxygen atoms in total. The number of hydrogen-bond donors (Lipinski definition) is 0. The van der Waals surface area contributed by atoms with Crippen LogP contribution in [0.15, 0.2) is 96.1 Å². The van der Waals surface area contributed by atoms with Gasteiger partial charge in [0.2, 0.25) is 0 Å². The van der Waals surface area contributed by atoms with Gasteiger partial charge in [-0.2, -0.15) is 0 Å². The van der Waals surface area contributed by atoms with Gasteiger partial charge in [-0.25, -0.2) is 0 Å². The molecule has 0 spiro atoms. The molecule has 0 radical (unpaired) electrons. The van der Waals surface area contributed by atoms with Gasteiger partial charge in [0.25, 0.3) is 0 Å². The van der Waals surface area contributed by atoms with Crippen molar-refractivity contribution < 1.29 is 9.90 Å². The average molecular weight is 301 g/mol. The lowest BCUT2D eigenvalue weighted by Crippen LogP contribution is -2.39. The van der Waals surface area contributed by atoms with Crippen molar-refractivity contribution in [1.82, 2.24) is 0 Å². The SMILES string of the molecule is CC(=O)[O-].c1ccc(C2(c3ccccc3)c3cccc2c3)cc1. The van der Waals surface area contributed by atoms with Crippen LogP contribution in [0.4, 0.5) is 0 Å². The molecule has 0 atom stereocenters. The quantitative estimate of drug-likeness (QED) is 0.855. The number of rotatable bonds is 2. The van der Waals surface area contributed by atoms with Crippen LogP contribution in [0.25, 0.3) is 0 Å².